The molecule has 0 saturated heterocycles. The van der Waals surface area contributed by atoms with Gasteiger partial charge in [0.2, 0.25) is 0 Å². The van der Waals surface area contributed by atoms with Crippen LogP contribution in [-0.4, -0.2) is 0 Å². The predicted molar refractivity (Wildman–Crippen MR) is 280 cm³/mol. The lowest BCUT2D eigenvalue weighted by Crippen LogP contribution is -2.28. The highest BCUT2D eigenvalue weighted by atomic mass is 16.3. The highest BCUT2D eigenvalue weighted by Crippen LogP contribution is 2.57. The van der Waals surface area contributed by atoms with E-state index in [1.54, 1.807) is 0 Å². The Morgan fingerprint density at radius 2 is 0.821 bits per heavy atom. The SMILES string of the molecule is c1ccc(-c2ccc(N(c3ccc(-c4ccc5c(c4)C(c4ccccc4)(c4ccccc4)c4ccccc4-5)cc3)c3ccc(-c4cccc5oc6c7ccccc7ccc6c45)cc3)cc2)cc1. The normalized spacial score (nSPS) is 12.6. The van der Waals surface area contributed by atoms with Gasteiger partial charge in [0.1, 0.15) is 11.2 Å². The Morgan fingerprint density at radius 1 is 0.313 bits per heavy atom. The van der Waals surface area contributed by atoms with Crippen molar-refractivity contribution < 1.29 is 4.42 Å². The van der Waals surface area contributed by atoms with Gasteiger partial charge in [-0.05, 0) is 127 Å². The number of hydrogen-bond donors (Lipinski definition) is 0. The molecule has 2 heteroatoms. The number of nitrogens with zero attached hydrogens (tertiary/aromatic N) is 1. The van der Waals surface area contributed by atoms with Crippen molar-refractivity contribution in [2.75, 3.05) is 4.90 Å². The van der Waals surface area contributed by atoms with E-state index in [4.69, 9.17) is 4.42 Å². The molecule has 1 aliphatic rings. The van der Waals surface area contributed by atoms with Crippen molar-refractivity contribution in [2.24, 2.45) is 0 Å². The van der Waals surface area contributed by atoms with Crippen molar-refractivity contribution in [3.05, 3.63) is 283 Å². The summed E-state index contributed by atoms with van der Waals surface area (Å²) in [7, 11) is 0. The maximum atomic E-state index is 6.57. The van der Waals surface area contributed by atoms with Gasteiger partial charge in [-0.2, -0.15) is 0 Å². The third-order valence-electron chi connectivity index (χ3n) is 14.0. The van der Waals surface area contributed by atoms with Gasteiger partial charge in [-0.3, -0.25) is 0 Å². The summed E-state index contributed by atoms with van der Waals surface area (Å²) < 4.78 is 6.57. The minimum Gasteiger partial charge on any atom is -0.455 e. The number of hydrogen-bond acceptors (Lipinski definition) is 2. The van der Waals surface area contributed by atoms with Gasteiger partial charge in [-0.15, -0.1) is 0 Å². The fraction of sp³-hybridized carbons (Fsp3) is 0.0154. The van der Waals surface area contributed by atoms with Gasteiger partial charge in [-0.1, -0.05) is 206 Å². The molecule has 0 N–H and O–H groups in total. The van der Waals surface area contributed by atoms with Crippen LogP contribution in [0.3, 0.4) is 0 Å². The van der Waals surface area contributed by atoms with Gasteiger partial charge in [0.05, 0.1) is 5.41 Å². The molecule has 0 bridgehead atoms. The van der Waals surface area contributed by atoms with E-state index in [0.717, 1.165) is 55.5 Å². The highest BCUT2D eigenvalue weighted by Gasteiger charge is 2.46. The van der Waals surface area contributed by atoms with Crippen LogP contribution >= 0.6 is 0 Å². The molecule has 0 amide bonds. The van der Waals surface area contributed by atoms with Crippen LogP contribution in [-0.2, 0) is 5.41 Å². The maximum Gasteiger partial charge on any atom is 0.143 e. The molecule has 0 radical (unpaired) electrons. The summed E-state index contributed by atoms with van der Waals surface area (Å²) in [5.74, 6) is 0. The molecule has 0 saturated carbocycles. The number of anilines is 3. The molecule has 12 aromatic rings. The average Bonchev–Trinajstić information content (AvgIpc) is 3.94. The molecule has 0 atom stereocenters. The second kappa shape index (κ2) is 15.8. The molecular weight excluding hydrogens is 811 g/mol. The summed E-state index contributed by atoms with van der Waals surface area (Å²) in [6, 6.07) is 94.9. The van der Waals surface area contributed by atoms with Crippen LogP contribution in [0, 0.1) is 0 Å². The van der Waals surface area contributed by atoms with Crippen molar-refractivity contribution in [1.29, 1.82) is 0 Å². The Kier molecular flexibility index (Phi) is 9.11. The van der Waals surface area contributed by atoms with E-state index in [0.29, 0.717) is 0 Å². The first-order chi connectivity index (χ1) is 33.2. The predicted octanol–water partition coefficient (Wildman–Crippen LogP) is 17.6. The van der Waals surface area contributed by atoms with Gasteiger partial charge in [0, 0.05) is 33.2 Å². The molecule has 1 aromatic heterocycles. The van der Waals surface area contributed by atoms with Crippen LogP contribution in [0.25, 0.3) is 77.2 Å². The van der Waals surface area contributed by atoms with Gasteiger partial charge in [0.15, 0.2) is 0 Å². The van der Waals surface area contributed by atoms with Crippen LogP contribution in [0.5, 0.6) is 0 Å². The van der Waals surface area contributed by atoms with Crippen LogP contribution in [0.15, 0.2) is 265 Å². The van der Waals surface area contributed by atoms with E-state index in [1.165, 1.54) is 61.0 Å². The summed E-state index contributed by atoms with van der Waals surface area (Å²) >= 11 is 0. The fourth-order valence-corrected chi connectivity index (χ4v) is 10.9. The topological polar surface area (TPSA) is 16.4 Å². The Bertz CT molecular complexity index is 3720. The van der Waals surface area contributed by atoms with Crippen LogP contribution in [0.2, 0.25) is 0 Å². The minimum atomic E-state index is -0.454. The summed E-state index contributed by atoms with van der Waals surface area (Å²) in [6.45, 7) is 0. The van der Waals surface area contributed by atoms with E-state index in [-0.39, 0.29) is 0 Å². The summed E-state index contributed by atoms with van der Waals surface area (Å²) in [4.78, 5) is 2.36. The molecule has 11 aromatic carbocycles. The molecule has 13 rings (SSSR count). The van der Waals surface area contributed by atoms with E-state index in [9.17, 15) is 0 Å². The zero-order chi connectivity index (χ0) is 44.3. The van der Waals surface area contributed by atoms with Gasteiger partial charge >= 0.3 is 0 Å². The number of furan rings is 1. The second-order valence-electron chi connectivity index (χ2n) is 17.6. The molecule has 1 heterocycles. The zero-order valence-corrected chi connectivity index (χ0v) is 36.7. The van der Waals surface area contributed by atoms with Crippen molar-refractivity contribution in [2.45, 2.75) is 5.41 Å². The van der Waals surface area contributed by atoms with Crippen LogP contribution < -0.4 is 4.90 Å². The summed E-state index contributed by atoms with van der Waals surface area (Å²) in [5.41, 5.74) is 19.4. The lowest BCUT2D eigenvalue weighted by atomic mass is 9.67. The molecule has 2 nitrogen and oxygen atoms in total. The van der Waals surface area contributed by atoms with Gasteiger partial charge in [-0.25, -0.2) is 0 Å². The van der Waals surface area contributed by atoms with E-state index >= 15 is 0 Å². The van der Waals surface area contributed by atoms with E-state index in [1.807, 2.05) is 0 Å². The monoisotopic (exact) mass is 853 g/mol. The third kappa shape index (κ3) is 6.26. The van der Waals surface area contributed by atoms with Crippen LogP contribution in [0.1, 0.15) is 22.3 Å². The molecule has 1 aliphatic carbocycles. The first-order valence-electron chi connectivity index (χ1n) is 23.1. The highest BCUT2D eigenvalue weighted by molar-refractivity contribution is 6.19. The average molecular weight is 854 g/mol. The maximum absolute atomic E-state index is 6.57. The Balaban J connectivity index is 0.908. The number of rotatable bonds is 8. The smallest absolute Gasteiger partial charge is 0.143 e. The van der Waals surface area contributed by atoms with Crippen LogP contribution in [0.4, 0.5) is 17.1 Å². The third-order valence-corrected chi connectivity index (χ3v) is 14.0. The van der Waals surface area contributed by atoms with Crippen molar-refractivity contribution in [3.63, 3.8) is 0 Å². The Labute approximate surface area is 390 Å². The standard InChI is InChI=1S/C65H43NO/c1-4-15-44(16-5-1)45-27-35-52(36-28-45)66(54-39-31-48(32-40-54)55-24-14-26-62-63(55)59-42-33-47-17-10-11-22-56(47)64(59)67-62)53-37-29-46(30-38-53)49-34-41-58-57-23-12-13-25-60(57)65(61(58)43-49,50-18-6-2-7-19-50)51-20-8-3-9-21-51/h1-43H. The lowest BCUT2D eigenvalue weighted by Gasteiger charge is -2.34. The zero-order valence-electron chi connectivity index (χ0n) is 36.7. The van der Waals surface area contributed by atoms with Gasteiger partial charge < -0.3 is 9.32 Å². The summed E-state index contributed by atoms with van der Waals surface area (Å²) in [6.07, 6.45) is 0. The van der Waals surface area contributed by atoms with Crippen molar-refractivity contribution in [1.82, 2.24) is 0 Å². The molecule has 0 unspecified atom stereocenters. The van der Waals surface area contributed by atoms with Crippen molar-refractivity contribution >= 4 is 49.8 Å². The summed E-state index contributed by atoms with van der Waals surface area (Å²) in [5, 5.41) is 4.58. The lowest BCUT2D eigenvalue weighted by molar-refractivity contribution is 0.673. The first kappa shape index (κ1) is 38.7. The molecule has 0 fully saturated rings. The molecule has 67 heavy (non-hydrogen) atoms. The minimum absolute atomic E-state index is 0.454. The molecule has 314 valence electrons. The van der Waals surface area contributed by atoms with E-state index in [2.05, 4.69) is 266 Å². The van der Waals surface area contributed by atoms with Gasteiger partial charge in [0.25, 0.3) is 0 Å². The Morgan fingerprint density at radius 3 is 1.49 bits per heavy atom. The van der Waals surface area contributed by atoms with E-state index < -0.39 is 5.41 Å². The van der Waals surface area contributed by atoms with Crippen molar-refractivity contribution in [3.8, 4) is 44.5 Å². The quantitative estimate of drug-likeness (QED) is 0.151. The number of fused-ring (bicyclic) bond motifs is 8. The molecule has 0 spiro atoms. The second-order valence-corrected chi connectivity index (χ2v) is 17.6. The molecular formula is C65H43NO. The fourth-order valence-electron chi connectivity index (χ4n) is 10.9. The largest absolute Gasteiger partial charge is 0.455 e. The molecule has 0 aliphatic heterocycles. The first-order valence-corrected chi connectivity index (χ1v) is 23.1. The Hall–Kier alpha value is -8.72. The number of benzene rings is 11.